The summed E-state index contributed by atoms with van der Waals surface area (Å²) in [6.45, 7) is -0.242. The average molecular weight is 492 g/mol. The molecule has 14 heteroatoms. The van der Waals surface area contributed by atoms with Crippen molar-refractivity contribution in [3.8, 4) is 11.5 Å². The maximum atomic E-state index is 12.2. The lowest BCUT2D eigenvalue weighted by Crippen LogP contribution is -2.28. The highest BCUT2D eigenvalue weighted by Crippen LogP contribution is 2.19. The fourth-order valence-corrected chi connectivity index (χ4v) is 2.56. The summed E-state index contributed by atoms with van der Waals surface area (Å²) in [7, 11) is 0. The first kappa shape index (κ1) is 26.5. The van der Waals surface area contributed by atoms with E-state index in [2.05, 4.69) is 15.0 Å². The van der Waals surface area contributed by atoms with Gasteiger partial charge in [-0.05, 0) is 29.8 Å². The van der Waals surface area contributed by atoms with Crippen molar-refractivity contribution in [3.05, 3.63) is 74.7 Å². The summed E-state index contributed by atoms with van der Waals surface area (Å²) in [5.41, 5.74) is 0.537. The monoisotopic (exact) mass is 492 g/mol. The zero-order valence-corrected chi connectivity index (χ0v) is 18.3. The van der Waals surface area contributed by atoms with E-state index in [0.29, 0.717) is 11.3 Å². The van der Waals surface area contributed by atoms with Gasteiger partial charge in [-0.15, -0.1) is 15.0 Å². The van der Waals surface area contributed by atoms with Crippen LogP contribution in [0, 0.1) is 15.0 Å². The Kier molecular flexibility index (Phi) is 10.4. The summed E-state index contributed by atoms with van der Waals surface area (Å²) in [4.78, 5) is 64.2. The second-order valence-corrected chi connectivity index (χ2v) is 6.61. The highest BCUT2D eigenvalue weighted by Gasteiger charge is 2.17. The Morgan fingerprint density at radius 3 is 2.40 bits per heavy atom. The standard InChI is InChI=1S/C21H20N2O12/c1-14(24)34-19-5-3-2-4-18(19)21(26)32-13-31-20(25)10-15-6-8-16(9-7-15)30-11-17(12-33-22-27)35-23(28)29/h2-9,17H,10-13H2,1H3. The van der Waals surface area contributed by atoms with Gasteiger partial charge in [0, 0.05) is 6.92 Å². The van der Waals surface area contributed by atoms with Crippen molar-refractivity contribution in [2.45, 2.75) is 19.4 Å². The largest absolute Gasteiger partial charge is 0.491 e. The van der Waals surface area contributed by atoms with Crippen LogP contribution in [0.3, 0.4) is 0 Å². The van der Waals surface area contributed by atoms with E-state index in [1.165, 1.54) is 31.2 Å². The van der Waals surface area contributed by atoms with Crippen molar-refractivity contribution in [2.24, 2.45) is 5.34 Å². The van der Waals surface area contributed by atoms with Gasteiger partial charge < -0.3 is 28.6 Å². The predicted molar refractivity (Wildman–Crippen MR) is 113 cm³/mol. The van der Waals surface area contributed by atoms with Gasteiger partial charge in [-0.3, -0.25) is 9.59 Å². The Balaban J connectivity index is 1.79. The Labute approximate surface area is 197 Å². The molecule has 0 saturated heterocycles. The van der Waals surface area contributed by atoms with Crippen LogP contribution in [0.2, 0.25) is 0 Å². The molecule has 0 amide bonds. The molecule has 35 heavy (non-hydrogen) atoms. The minimum atomic E-state index is -1.18. The highest BCUT2D eigenvalue weighted by atomic mass is 17.0. The van der Waals surface area contributed by atoms with Gasteiger partial charge in [0.1, 0.15) is 30.3 Å². The smallest absolute Gasteiger partial charge is 0.344 e. The molecule has 2 rings (SSSR count). The molecular formula is C21H20N2O12. The van der Waals surface area contributed by atoms with Gasteiger partial charge in [0.15, 0.2) is 11.4 Å². The molecule has 0 bridgehead atoms. The van der Waals surface area contributed by atoms with Crippen LogP contribution in [-0.2, 0) is 35.2 Å². The lowest BCUT2D eigenvalue weighted by molar-refractivity contribution is -0.769. The van der Waals surface area contributed by atoms with Gasteiger partial charge in [0.05, 0.1) is 6.42 Å². The normalized spacial score (nSPS) is 10.9. The zero-order valence-electron chi connectivity index (χ0n) is 18.3. The van der Waals surface area contributed by atoms with Crippen LogP contribution in [-0.4, -0.2) is 49.1 Å². The summed E-state index contributed by atoms with van der Waals surface area (Å²) in [6, 6.07) is 12.0. The molecule has 14 nitrogen and oxygen atoms in total. The average Bonchev–Trinajstić information content (AvgIpc) is 2.81. The maximum Gasteiger partial charge on any atom is 0.344 e. The molecule has 1 unspecified atom stereocenters. The van der Waals surface area contributed by atoms with Gasteiger partial charge in [-0.1, -0.05) is 24.3 Å². The van der Waals surface area contributed by atoms with Gasteiger partial charge in [0.2, 0.25) is 6.79 Å². The molecule has 0 aliphatic carbocycles. The minimum Gasteiger partial charge on any atom is -0.491 e. The molecule has 186 valence electrons. The Bertz CT molecular complexity index is 1040. The van der Waals surface area contributed by atoms with E-state index in [0.717, 1.165) is 0 Å². The van der Waals surface area contributed by atoms with E-state index in [4.69, 9.17) is 18.9 Å². The van der Waals surface area contributed by atoms with E-state index in [1.54, 1.807) is 24.3 Å². The lowest BCUT2D eigenvalue weighted by atomic mass is 10.1. The van der Waals surface area contributed by atoms with E-state index in [9.17, 15) is 29.4 Å². The van der Waals surface area contributed by atoms with Crippen molar-refractivity contribution in [2.75, 3.05) is 20.0 Å². The molecule has 1 atom stereocenters. The molecule has 0 heterocycles. The number of rotatable bonds is 14. The molecule has 0 aromatic heterocycles. The number of ether oxygens (including phenoxy) is 4. The molecular weight excluding hydrogens is 472 g/mol. The quantitative estimate of drug-likeness (QED) is 0.0938. The number of nitrogens with zero attached hydrogens (tertiary/aromatic N) is 2. The number of carbonyl (C=O) groups excluding carboxylic acids is 3. The van der Waals surface area contributed by atoms with Crippen molar-refractivity contribution < 1.29 is 48.1 Å². The number of hydrogen-bond acceptors (Lipinski definition) is 13. The van der Waals surface area contributed by atoms with E-state index < -0.39 is 42.5 Å². The number of para-hydroxylation sites is 1. The third-order valence-corrected chi connectivity index (χ3v) is 4.03. The van der Waals surface area contributed by atoms with Crippen LogP contribution in [0.15, 0.2) is 53.9 Å². The molecule has 0 radical (unpaired) electrons. The second-order valence-electron chi connectivity index (χ2n) is 6.61. The molecule has 0 N–H and O–H groups in total. The van der Waals surface area contributed by atoms with Crippen molar-refractivity contribution >= 4 is 17.9 Å². The third-order valence-electron chi connectivity index (χ3n) is 4.03. The van der Waals surface area contributed by atoms with Crippen LogP contribution in [0.25, 0.3) is 0 Å². The lowest BCUT2D eigenvalue weighted by Gasteiger charge is -2.14. The number of benzene rings is 2. The van der Waals surface area contributed by atoms with Crippen LogP contribution in [0.4, 0.5) is 0 Å². The van der Waals surface area contributed by atoms with E-state index in [-0.39, 0.29) is 24.3 Å². The molecule has 0 aliphatic rings. The SMILES string of the molecule is CC(=O)Oc1ccccc1C(=O)OCOC(=O)Cc1ccc(OCC(CON=O)O[N+](=O)[O-])cc1. The van der Waals surface area contributed by atoms with Crippen LogP contribution in [0.1, 0.15) is 22.8 Å². The first-order chi connectivity index (χ1) is 16.8. The summed E-state index contributed by atoms with van der Waals surface area (Å²) < 4.78 is 20.1. The third kappa shape index (κ3) is 9.73. The number of esters is 3. The second kappa shape index (κ2) is 13.7. The van der Waals surface area contributed by atoms with Gasteiger partial charge in [-0.2, -0.15) is 0 Å². The number of carbonyl (C=O) groups is 3. The van der Waals surface area contributed by atoms with Crippen molar-refractivity contribution in [1.82, 2.24) is 0 Å². The van der Waals surface area contributed by atoms with E-state index >= 15 is 0 Å². The Morgan fingerprint density at radius 1 is 1.03 bits per heavy atom. The zero-order chi connectivity index (χ0) is 25.6. The first-order valence-electron chi connectivity index (χ1n) is 9.86. The topological polar surface area (TPSA) is 179 Å². The summed E-state index contributed by atoms with van der Waals surface area (Å²) in [6.07, 6.45) is -1.32. The fraction of sp³-hybridized carbons (Fsp3) is 0.286. The summed E-state index contributed by atoms with van der Waals surface area (Å²) in [5.74, 6) is -1.81. The first-order valence-corrected chi connectivity index (χ1v) is 9.86. The number of hydrogen-bond donors (Lipinski definition) is 0. The van der Waals surface area contributed by atoms with Gasteiger partial charge >= 0.3 is 17.9 Å². The molecule has 2 aromatic rings. The van der Waals surface area contributed by atoms with Gasteiger partial charge in [0.25, 0.3) is 5.09 Å². The van der Waals surface area contributed by atoms with Crippen molar-refractivity contribution in [1.29, 1.82) is 0 Å². The Hall–Kier alpha value is -4.75. The van der Waals surface area contributed by atoms with E-state index in [1.807, 2.05) is 0 Å². The van der Waals surface area contributed by atoms with Crippen molar-refractivity contribution in [3.63, 3.8) is 0 Å². The maximum absolute atomic E-state index is 12.2. The minimum absolute atomic E-state index is 0.00540. The summed E-state index contributed by atoms with van der Waals surface area (Å²) >= 11 is 0. The van der Waals surface area contributed by atoms with Gasteiger partial charge in [-0.25, -0.2) is 4.79 Å². The molecule has 0 fully saturated rings. The van der Waals surface area contributed by atoms with Crippen LogP contribution < -0.4 is 9.47 Å². The van der Waals surface area contributed by atoms with Crippen LogP contribution >= 0.6 is 0 Å². The highest BCUT2D eigenvalue weighted by molar-refractivity contribution is 5.93. The fourth-order valence-electron chi connectivity index (χ4n) is 2.56. The molecule has 0 saturated carbocycles. The Morgan fingerprint density at radius 2 is 1.74 bits per heavy atom. The molecule has 2 aromatic carbocycles. The summed E-state index contributed by atoms with van der Waals surface area (Å²) in [5, 5.41) is 11.5. The predicted octanol–water partition coefficient (Wildman–Crippen LogP) is 2.17. The van der Waals surface area contributed by atoms with Crippen LogP contribution in [0.5, 0.6) is 11.5 Å². The molecule has 0 aliphatic heterocycles. The molecule has 0 spiro atoms.